The molecule has 26 heavy (non-hydrogen) atoms. The highest BCUT2D eigenvalue weighted by atomic mass is 16.5. The minimum absolute atomic E-state index is 0.0725. The number of fused-ring (bicyclic) bond motifs is 2. The molecular formula is C20H23N3O3. The lowest BCUT2D eigenvalue weighted by molar-refractivity contribution is 0.116. The Morgan fingerprint density at radius 2 is 1.77 bits per heavy atom. The van der Waals surface area contributed by atoms with Crippen LogP contribution in [0.1, 0.15) is 17.0 Å². The van der Waals surface area contributed by atoms with Gasteiger partial charge in [-0.25, -0.2) is 4.98 Å². The number of aliphatic hydroxyl groups is 1. The van der Waals surface area contributed by atoms with Crippen LogP contribution in [0.5, 0.6) is 11.5 Å². The zero-order valence-corrected chi connectivity index (χ0v) is 15.0. The van der Waals surface area contributed by atoms with Gasteiger partial charge in [-0.1, -0.05) is 12.1 Å². The smallest absolute Gasteiger partial charge is 0.122 e. The van der Waals surface area contributed by atoms with Crippen molar-refractivity contribution in [3.63, 3.8) is 0 Å². The number of aromatic amines is 1. The van der Waals surface area contributed by atoms with E-state index in [1.807, 2.05) is 36.4 Å². The summed E-state index contributed by atoms with van der Waals surface area (Å²) in [5, 5.41) is 14.1. The zero-order valence-electron chi connectivity index (χ0n) is 15.0. The van der Waals surface area contributed by atoms with E-state index in [1.165, 1.54) is 0 Å². The van der Waals surface area contributed by atoms with Gasteiger partial charge in [0.05, 0.1) is 37.9 Å². The molecule has 2 atom stereocenters. The van der Waals surface area contributed by atoms with E-state index in [-0.39, 0.29) is 6.04 Å². The maximum absolute atomic E-state index is 10.6. The van der Waals surface area contributed by atoms with Gasteiger partial charge in [0.25, 0.3) is 0 Å². The number of nitrogens with zero attached hydrogens (tertiary/aromatic N) is 1. The zero-order chi connectivity index (χ0) is 18.1. The van der Waals surface area contributed by atoms with Crippen molar-refractivity contribution in [1.82, 2.24) is 15.3 Å². The molecule has 0 radical (unpaired) electrons. The van der Waals surface area contributed by atoms with E-state index in [0.29, 0.717) is 19.4 Å². The molecule has 0 bridgehead atoms. The van der Waals surface area contributed by atoms with Crippen molar-refractivity contribution in [2.75, 3.05) is 14.2 Å². The number of hydrogen-bond donors (Lipinski definition) is 3. The minimum Gasteiger partial charge on any atom is -0.496 e. The fraction of sp³-hybridized carbons (Fsp3) is 0.350. The maximum atomic E-state index is 10.6. The molecular weight excluding hydrogens is 330 g/mol. The largest absolute Gasteiger partial charge is 0.496 e. The standard InChI is InChI=1S/C20H23N3O3/c1-25-18-7-8-19(26-2)13-10-17(24)16(9-12(13)18)21-11-20-22-14-5-3-4-6-15(14)23-20/h3-8,16-17,21,24H,9-11H2,1-2H3,(H,22,23). The first-order valence-electron chi connectivity index (χ1n) is 8.77. The van der Waals surface area contributed by atoms with Crippen molar-refractivity contribution in [3.8, 4) is 11.5 Å². The summed E-state index contributed by atoms with van der Waals surface area (Å²) in [5.41, 5.74) is 4.09. The van der Waals surface area contributed by atoms with Gasteiger partial charge in [-0.05, 0) is 30.7 Å². The van der Waals surface area contributed by atoms with E-state index in [9.17, 15) is 5.11 Å². The molecule has 3 N–H and O–H groups in total. The lowest BCUT2D eigenvalue weighted by atomic mass is 9.85. The second kappa shape index (κ2) is 6.97. The molecule has 0 saturated heterocycles. The summed E-state index contributed by atoms with van der Waals surface area (Å²) in [6.07, 6.45) is 0.720. The quantitative estimate of drug-likeness (QED) is 0.655. The van der Waals surface area contributed by atoms with Gasteiger partial charge < -0.3 is 24.9 Å². The number of H-pyrrole nitrogens is 1. The number of aromatic nitrogens is 2. The Morgan fingerprint density at radius 1 is 1.08 bits per heavy atom. The van der Waals surface area contributed by atoms with Gasteiger partial charge in [0.1, 0.15) is 17.3 Å². The Labute approximate surface area is 152 Å². The number of hydrogen-bond acceptors (Lipinski definition) is 5. The Kier molecular flexibility index (Phi) is 4.53. The number of methoxy groups -OCH3 is 2. The summed E-state index contributed by atoms with van der Waals surface area (Å²) in [6.45, 7) is 0.567. The number of benzene rings is 2. The van der Waals surface area contributed by atoms with Crippen LogP contribution in [0.3, 0.4) is 0 Å². The normalized spacial score (nSPS) is 19.3. The predicted octanol–water partition coefficient (Wildman–Crippen LogP) is 2.20. The molecule has 1 aromatic heterocycles. The lowest BCUT2D eigenvalue weighted by Gasteiger charge is -2.32. The van der Waals surface area contributed by atoms with Crippen LogP contribution in [-0.2, 0) is 19.4 Å². The van der Waals surface area contributed by atoms with Crippen molar-refractivity contribution in [3.05, 3.63) is 53.3 Å². The summed E-state index contributed by atoms with van der Waals surface area (Å²) < 4.78 is 11.0. The second-order valence-corrected chi connectivity index (χ2v) is 6.59. The van der Waals surface area contributed by atoms with E-state index in [4.69, 9.17) is 9.47 Å². The monoisotopic (exact) mass is 353 g/mol. The molecule has 6 nitrogen and oxygen atoms in total. The molecule has 0 amide bonds. The van der Waals surface area contributed by atoms with E-state index >= 15 is 0 Å². The van der Waals surface area contributed by atoms with Gasteiger partial charge >= 0.3 is 0 Å². The highest BCUT2D eigenvalue weighted by Crippen LogP contribution is 2.36. The highest BCUT2D eigenvalue weighted by Gasteiger charge is 2.31. The van der Waals surface area contributed by atoms with Gasteiger partial charge in [-0.3, -0.25) is 0 Å². The van der Waals surface area contributed by atoms with E-state index < -0.39 is 6.10 Å². The molecule has 136 valence electrons. The summed E-state index contributed by atoms with van der Waals surface area (Å²) in [7, 11) is 3.32. The fourth-order valence-electron chi connectivity index (χ4n) is 3.71. The molecule has 2 unspecified atom stereocenters. The lowest BCUT2D eigenvalue weighted by Crippen LogP contribution is -2.45. The van der Waals surface area contributed by atoms with Crippen molar-refractivity contribution < 1.29 is 14.6 Å². The van der Waals surface area contributed by atoms with Gasteiger partial charge in [0, 0.05) is 23.6 Å². The van der Waals surface area contributed by atoms with Crippen LogP contribution < -0.4 is 14.8 Å². The number of imidazole rings is 1. The topological polar surface area (TPSA) is 79.4 Å². The number of para-hydroxylation sites is 2. The first-order chi connectivity index (χ1) is 12.7. The third-order valence-corrected chi connectivity index (χ3v) is 5.06. The minimum atomic E-state index is -0.493. The summed E-state index contributed by atoms with van der Waals surface area (Å²) in [5.74, 6) is 2.50. The molecule has 3 aromatic rings. The Balaban J connectivity index is 1.53. The third-order valence-electron chi connectivity index (χ3n) is 5.06. The van der Waals surface area contributed by atoms with Crippen molar-refractivity contribution >= 4 is 11.0 Å². The van der Waals surface area contributed by atoms with Gasteiger partial charge in [-0.15, -0.1) is 0 Å². The molecule has 2 aromatic carbocycles. The number of ether oxygens (including phenoxy) is 2. The average molecular weight is 353 g/mol. The molecule has 0 aliphatic heterocycles. The Morgan fingerprint density at radius 3 is 2.46 bits per heavy atom. The summed E-state index contributed by atoms with van der Waals surface area (Å²) in [6, 6.07) is 11.7. The van der Waals surface area contributed by atoms with Crippen LogP contribution in [0.25, 0.3) is 11.0 Å². The predicted molar refractivity (Wildman–Crippen MR) is 99.7 cm³/mol. The highest BCUT2D eigenvalue weighted by molar-refractivity contribution is 5.74. The first-order valence-corrected chi connectivity index (χ1v) is 8.77. The van der Waals surface area contributed by atoms with Crippen LogP contribution in [0.4, 0.5) is 0 Å². The molecule has 0 fully saturated rings. The second-order valence-electron chi connectivity index (χ2n) is 6.59. The molecule has 4 rings (SSSR count). The van der Waals surface area contributed by atoms with Crippen molar-refractivity contribution in [2.24, 2.45) is 0 Å². The number of nitrogens with one attached hydrogen (secondary N) is 2. The van der Waals surface area contributed by atoms with Gasteiger partial charge in [0.2, 0.25) is 0 Å². The molecule has 0 spiro atoms. The van der Waals surface area contributed by atoms with Crippen LogP contribution in [0, 0.1) is 0 Å². The van der Waals surface area contributed by atoms with E-state index in [2.05, 4.69) is 15.3 Å². The van der Waals surface area contributed by atoms with E-state index in [1.54, 1.807) is 14.2 Å². The number of aliphatic hydroxyl groups excluding tert-OH is 1. The maximum Gasteiger partial charge on any atom is 0.122 e. The Bertz CT molecular complexity index is 889. The van der Waals surface area contributed by atoms with Crippen LogP contribution in [0.2, 0.25) is 0 Å². The fourth-order valence-corrected chi connectivity index (χ4v) is 3.71. The molecule has 1 aliphatic carbocycles. The summed E-state index contributed by atoms with van der Waals surface area (Å²) >= 11 is 0. The molecule has 6 heteroatoms. The molecule has 0 saturated carbocycles. The molecule has 1 heterocycles. The first kappa shape index (κ1) is 16.9. The number of rotatable bonds is 5. The van der Waals surface area contributed by atoms with Gasteiger partial charge in [-0.2, -0.15) is 0 Å². The van der Waals surface area contributed by atoms with Crippen molar-refractivity contribution in [1.29, 1.82) is 0 Å². The van der Waals surface area contributed by atoms with Crippen LogP contribution in [0.15, 0.2) is 36.4 Å². The van der Waals surface area contributed by atoms with Crippen molar-refractivity contribution in [2.45, 2.75) is 31.5 Å². The van der Waals surface area contributed by atoms with Crippen LogP contribution >= 0.6 is 0 Å². The van der Waals surface area contributed by atoms with E-state index in [0.717, 1.165) is 39.5 Å². The Hall–Kier alpha value is -2.57. The molecule has 1 aliphatic rings. The SMILES string of the molecule is COc1ccc(OC)c2c1CC(O)C(NCc1nc3ccccc3[nH]1)C2. The third kappa shape index (κ3) is 3.02. The van der Waals surface area contributed by atoms with Gasteiger partial charge in [0.15, 0.2) is 0 Å². The summed E-state index contributed by atoms with van der Waals surface area (Å²) in [4.78, 5) is 7.89. The van der Waals surface area contributed by atoms with Crippen LogP contribution in [-0.4, -0.2) is 41.4 Å². The average Bonchev–Trinajstić information content (AvgIpc) is 3.08.